The molecule has 0 aliphatic carbocycles. The molecule has 9 heteroatoms. The fourth-order valence-electron chi connectivity index (χ4n) is 6.84. The third-order valence-corrected chi connectivity index (χ3v) is 9.81. The number of allylic oxidation sites excluding steroid dienone is 5. The number of aliphatic hydroxyl groups excluding tert-OH is 3. The predicted octanol–water partition coefficient (Wildman–Crippen LogP) is 5.35. The standard InChI is InChI=1S/C36H60O9/c1-20(2)33-25(7)28(37)19-36(43-12,45-33)27(9)32(39)26(8)34-29(41-10)15-13-14-21(3)16-23(5)31(38)24(6)17-22(4)18-30(42-11)35(40)44-34/h13-15,17-18,20,23-29,31-34,37-39H,16,19H2,1-12H3/b15-13+,21-14+,22-17+,30-18-/t23-,24+,25-,26-,27-,28+,29-,31-,32+,33?,34+,36+/m0/s1. The van der Waals surface area contributed by atoms with E-state index < -0.39 is 54.1 Å². The van der Waals surface area contributed by atoms with Crippen molar-refractivity contribution in [2.45, 2.75) is 118 Å². The average Bonchev–Trinajstić information content (AvgIpc) is 2.99. The van der Waals surface area contributed by atoms with E-state index in [1.807, 2.05) is 73.6 Å². The van der Waals surface area contributed by atoms with Gasteiger partial charge in [-0.2, -0.15) is 0 Å². The van der Waals surface area contributed by atoms with Crippen LogP contribution in [0.3, 0.4) is 0 Å². The van der Waals surface area contributed by atoms with Crippen molar-refractivity contribution in [2.24, 2.45) is 35.5 Å². The Labute approximate surface area is 271 Å². The first kappa shape index (κ1) is 39.2. The van der Waals surface area contributed by atoms with Gasteiger partial charge in [0, 0.05) is 44.3 Å². The van der Waals surface area contributed by atoms with E-state index in [0.717, 1.165) is 11.1 Å². The molecule has 258 valence electrons. The summed E-state index contributed by atoms with van der Waals surface area (Å²) in [7, 11) is 4.46. The second kappa shape index (κ2) is 17.2. The Bertz CT molecular complexity index is 1080. The summed E-state index contributed by atoms with van der Waals surface area (Å²) in [5.74, 6) is -3.38. The number of carbonyl (C=O) groups is 1. The van der Waals surface area contributed by atoms with Gasteiger partial charge in [-0.3, -0.25) is 0 Å². The van der Waals surface area contributed by atoms with Gasteiger partial charge in [0.05, 0.1) is 31.5 Å². The molecule has 2 aliphatic rings. The Balaban J connectivity index is 2.56. The Morgan fingerprint density at radius 1 is 1.02 bits per heavy atom. The van der Waals surface area contributed by atoms with Crippen molar-refractivity contribution in [3.05, 3.63) is 47.3 Å². The molecule has 0 bridgehead atoms. The molecule has 1 fully saturated rings. The van der Waals surface area contributed by atoms with E-state index >= 15 is 0 Å². The van der Waals surface area contributed by atoms with Crippen molar-refractivity contribution in [3.63, 3.8) is 0 Å². The number of hydrogen-bond acceptors (Lipinski definition) is 9. The van der Waals surface area contributed by atoms with Crippen LogP contribution in [0.2, 0.25) is 0 Å². The van der Waals surface area contributed by atoms with Gasteiger partial charge in [0.15, 0.2) is 5.79 Å². The van der Waals surface area contributed by atoms with Gasteiger partial charge in [0.1, 0.15) is 12.2 Å². The summed E-state index contributed by atoms with van der Waals surface area (Å²) in [6.07, 6.45) is 5.75. The first-order chi connectivity index (χ1) is 21.0. The number of carbonyl (C=O) groups excluding carboxylic acids is 1. The molecular formula is C36H60O9. The zero-order chi connectivity index (χ0) is 34.2. The number of aliphatic hydroxyl groups is 3. The van der Waals surface area contributed by atoms with Crippen molar-refractivity contribution >= 4 is 5.97 Å². The Morgan fingerprint density at radius 3 is 2.22 bits per heavy atom. The fourth-order valence-corrected chi connectivity index (χ4v) is 6.84. The van der Waals surface area contributed by atoms with Gasteiger partial charge in [-0.15, -0.1) is 0 Å². The fraction of sp³-hybridized carbons (Fsp3) is 0.750. The van der Waals surface area contributed by atoms with Crippen LogP contribution in [0.15, 0.2) is 47.3 Å². The topological polar surface area (TPSA) is 124 Å². The monoisotopic (exact) mass is 636 g/mol. The van der Waals surface area contributed by atoms with E-state index in [1.165, 1.54) is 21.3 Å². The van der Waals surface area contributed by atoms with Crippen molar-refractivity contribution in [2.75, 3.05) is 21.3 Å². The minimum atomic E-state index is -1.26. The summed E-state index contributed by atoms with van der Waals surface area (Å²) in [5, 5.41) is 33.8. The van der Waals surface area contributed by atoms with Crippen molar-refractivity contribution in [1.82, 2.24) is 0 Å². The number of hydrogen-bond donors (Lipinski definition) is 3. The molecule has 45 heavy (non-hydrogen) atoms. The van der Waals surface area contributed by atoms with Gasteiger partial charge >= 0.3 is 5.97 Å². The van der Waals surface area contributed by atoms with Gasteiger partial charge in [0.2, 0.25) is 5.76 Å². The summed E-state index contributed by atoms with van der Waals surface area (Å²) in [6, 6.07) is 0. The second-order valence-corrected chi connectivity index (χ2v) is 13.7. The highest BCUT2D eigenvalue weighted by Gasteiger charge is 2.53. The molecule has 1 unspecified atom stereocenters. The van der Waals surface area contributed by atoms with Crippen LogP contribution < -0.4 is 0 Å². The SMILES string of the molecule is CO/C1=C\C(C)=C\[C@@H](C)[C@@H](O)[C@@H](C)C/C(C)=C/C=C/[C@H](OC)[C@@H]([C@@H](C)[C@@H](O)[C@H](C)[C@@]2(OC)C[C@@H](O)[C@H](C)C(C(C)C)O2)OC1=O. The van der Waals surface area contributed by atoms with Crippen molar-refractivity contribution < 1.29 is 43.8 Å². The third kappa shape index (κ3) is 9.75. The lowest BCUT2D eigenvalue weighted by Gasteiger charge is -2.51. The zero-order valence-electron chi connectivity index (χ0n) is 29.5. The van der Waals surface area contributed by atoms with Gasteiger partial charge in [-0.1, -0.05) is 83.9 Å². The molecule has 2 heterocycles. The van der Waals surface area contributed by atoms with Gasteiger partial charge in [-0.05, 0) is 38.2 Å². The number of methoxy groups -OCH3 is 3. The molecule has 9 nitrogen and oxygen atoms in total. The normalized spacial score (nSPS) is 40.5. The summed E-state index contributed by atoms with van der Waals surface area (Å²) in [4.78, 5) is 13.6. The molecule has 0 amide bonds. The van der Waals surface area contributed by atoms with Crippen LogP contribution in [0.25, 0.3) is 0 Å². The Kier molecular flexibility index (Phi) is 15.0. The first-order valence-electron chi connectivity index (χ1n) is 16.3. The highest BCUT2D eigenvalue weighted by atomic mass is 16.7. The molecule has 0 radical (unpaired) electrons. The van der Waals surface area contributed by atoms with Crippen LogP contribution in [-0.4, -0.2) is 85.0 Å². The summed E-state index contributed by atoms with van der Waals surface area (Å²) >= 11 is 0. The van der Waals surface area contributed by atoms with Gasteiger partial charge in [0.25, 0.3) is 0 Å². The predicted molar refractivity (Wildman–Crippen MR) is 175 cm³/mol. The quantitative estimate of drug-likeness (QED) is 0.303. The van der Waals surface area contributed by atoms with E-state index in [4.69, 9.17) is 23.7 Å². The molecule has 2 rings (SSSR count). The molecule has 0 aromatic heterocycles. The maximum Gasteiger partial charge on any atom is 0.373 e. The second-order valence-electron chi connectivity index (χ2n) is 13.7. The average molecular weight is 637 g/mol. The summed E-state index contributed by atoms with van der Waals surface area (Å²) < 4.78 is 29.9. The maximum absolute atomic E-state index is 13.6. The lowest BCUT2D eigenvalue weighted by atomic mass is 9.76. The Hall–Kier alpha value is -2.01. The van der Waals surface area contributed by atoms with Gasteiger partial charge in [-0.25, -0.2) is 4.79 Å². The smallest absolute Gasteiger partial charge is 0.373 e. The van der Waals surface area contributed by atoms with Crippen LogP contribution in [0.5, 0.6) is 0 Å². The van der Waals surface area contributed by atoms with Gasteiger partial charge < -0.3 is 39.0 Å². The van der Waals surface area contributed by atoms with Crippen LogP contribution in [-0.2, 0) is 28.5 Å². The molecular weight excluding hydrogens is 576 g/mol. The number of ether oxygens (including phenoxy) is 5. The van der Waals surface area contributed by atoms with E-state index in [2.05, 4.69) is 0 Å². The lowest BCUT2D eigenvalue weighted by Crippen LogP contribution is -2.60. The van der Waals surface area contributed by atoms with Crippen molar-refractivity contribution in [3.8, 4) is 0 Å². The molecule has 0 aromatic carbocycles. The van der Waals surface area contributed by atoms with E-state index in [0.29, 0.717) is 6.42 Å². The molecule has 0 spiro atoms. The minimum Gasteiger partial charge on any atom is -0.490 e. The minimum absolute atomic E-state index is 0.00647. The number of cyclic esters (lactones) is 1. The molecule has 3 N–H and O–H groups in total. The first-order valence-corrected chi connectivity index (χ1v) is 16.3. The molecule has 1 saturated heterocycles. The lowest BCUT2D eigenvalue weighted by molar-refractivity contribution is -0.338. The molecule has 0 saturated carbocycles. The highest BCUT2D eigenvalue weighted by Crippen LogP contribution is 2.43. The summed E-state index contributed by atoms with van der Waals surface area (Å²) in [5.41, 5.74) is 1.82. The molecule has 2 aliphatic heterocycles. The summed E-state index contributed by atoms with van der Waals surface area (Å²) in [6.45, 7) is 17.5. The molecule has 12 atom stereocenters. The van der Waals surface area contributed by atoms with E-state index in [1.54, 1.807) is 19.1 Å². The van der Waals surface area contributed by atoms with Crippen molar-refractivity contribution in [1.29, 1.82) is 0 Å². The maximum atomic E-state index is 13.6. The van der Waals surface area contributed by atoms with Crippen LogP contribution >= 0.6 is 0 Å². The number of rotatable bonds is 8. The largest absolute Gasteiger partial charge is 0.490 e. The van der Waals surface area contributed by atoms with Crippen LogP contribution in [0.4, 0.5) is 0 Å². The van der Waals surface area contributed by atoms with E-state index in [-0.39, 0.29) is 42.0 Å². The zero-order valence-corrected chi connectivity index (χ0v) is 29.5. The van der Waals surface area contributed by atoms with Crippen LogP contribution in [0.1, 0.15) is 75.2 Å². The highest BCUT2D eigenvalue weighted by molar-refractivity contribution is 5.87. The Morgan fingerprint density at radius 2 is 1.67 bits per heavy atom. The molecule has 0 aromatic rings. The third-order valence-electron chi connectivity index (χ3n) is 9.81. The van der Waals surface area contributed by atoms with Crippen LogP contribution in [0, 0.1) is 35.5 Å². The van der Waals surface area contributed by atoms with E-state index in [9.17, 15) is 20.1 Å². The number of esters is 1.